The lowest BCUT2D eigenvalue weighted by Crippen LogP contribution is -2.04. The Kier molecular flexibility index (Phi) is 2.97. The fourth-order valence-corrected chi connectivity index (χ4v) is 1.11. The Hall–Kier alpha value is -1.70. The number of nitrogens with two attached hydrogens (primary N) is 1. The summed E-state index contributed by atoms with van der Waals surface area (Å²) in [5, 5.41) is 8.40. The molecule has 2 N–H and O–H groups in total. The Morgan fingerprint density at radius 3 is 2.79 bits per heavy atom. The van der Waals surface area contributed by atoms with E-state index in [0.29, 0.717) is 11.3 Å². The highest BCUT2D eigenvalue weighted by atomic mass is 19.3. The monoisotopic (exact) mass is 197 g/mol. The summed E-state index contributed by atoms with van der Waals surface area (Å²) in [5.41, 5.74) is 5.85. The highest BCUT2D eigenvalue weighted by molar-refractivity contribution is 5.51. The molecule has 3 nitrogen and oxygen atoms in total. The molecular formula is C9H9F2N3. The number of aromatic nitrogens is 1. The lowest BCUT2D eigenvalue weighted by atomic mass is 10.1. The zero-order chi connectivity index (χ0) is 10.7. The van der Waals surface area contributed by atoms with Crippen molar-refractivity contribution in [3.05, 3.63) is 23.0 Å². The first-order valence-electron chi connectivity index (χ1n) is 3.97. The third-order valence-corrected chi connectivity index (χ3v) is 1.81. The Morgan fingerprint density at radius 2 is 2.29 bits per heavy atom. The standard InChI is InChI=1S/C9H9F2N3/c1-5-4-6(2-3-12)14-8(7(5)13)9(10)11/h4,9H,2,13H2,1H3. The quantitative estimate of drug-likeness (QED) is 0.788. The van der Waals surface area contributed by atoms with E-state index in [-0.39, 0.29) is 12.1 Å². The van der Waals surface area contributed by atoms with E-state index < -0.39 is 12.1 Å². The third kappa shape index (κ3) is 1.96. The fraction of sp³-hybridized carbons (Fsp3) is 0.333. The molecule has 0 aromatic carbocycles. The normalized spacial score (nSPS) is 10.2. The SMILES string of the molecule is Cc1cc(CC#N)nc(C(F)F)c1N. The molecule has 0 aliphatic carbocycles. The second kappa shape index (κ2) is 4.01. The van der Waals surface area contributed by atoms with Crippen LogP contribution in [0.25, 0.3) is 0 Å². The lowest BCUT2D eigenvalue weighted by Gasteiger charge is -2.08. The molecule has 74 valence electrons. The molecule has 0 radical (unpaired) electrons. The van der Waals surface area contributed by atoms with Gasteiger partial charge in [-0.2, -0.15) is 5.26 Å². The van der Waals surface area contributed by atoms with Gasteiger partial charge in [0.1, 0.15) is 5.69 Å². The van der Waals surface area contributed by atoms with E-state index in [1.54, 1.807) is 13.0 Å². The van der Waals surface area contributed by atoms with Gasteiger partial charge < -0.3 is 5.73 Å². The van der Waals surface area contributed by atoms with Crippen molar-refractivity contribution >= 4 is 5.69 Å². The number of hydrogen-bond acceptors (Lipinski definition) is 3. The molecule has 5 heteroatoms. The molecule has 0 atom stereocenters. The molecule has 1 aromatic heterocycles. The van der Waals surface area contributed by atoms with Gasteiger partial charge in [0, 0.05) is 0 Å². The van der Waals surface area contributed by atoms with Crippen molar-refractivity contribution in [1.82, 2.24) is 4.98 Å². The highest BCUT2D eigenvalue weighted by Gasteiger charge is 2.15. The predicted molar refractivity (Wildman–Crippen MR) is 47.7 cm³/mol. The molecule has 0 fully saturated rings. The van der Waals surface area contributed by atoms with Gasteiger partial charge in [-0.25, -0.2) is 13.8 Å². The van der Waals surface area contributed by atoms with Crippen LogP contribution in [0.4, 0.5) is 14.5 Å². The molecular weight excluding hydrogens is 188 g/mol. The number of rotatable bonds is 2. The van der Waals surface area contributed by atoms with Crippen molar-refractivity contribution in [2.75, 3.05) is 5.73 Å². The van der Waals surface area contributed by atoms with E-state index in [1.165, 1.54) is 0 Å². The van der Waals surface area contributed by atoms with Crippen LogP contribution in [-0.4, -0.2) is 4.98 Å². The summed E-state index contributed by atoms with van der Waals surface area (Å²) in [6.45, 7) is 1.61. The number of aryl methyl sites for hydroxylation is 1. The van der Waals surface area contributed by atoms with Crippen LogP contribution in [0.3, 0.4) is 0 Å². The maximum Gasteiger partial charge on any atom is 0.282 e. The van der Waals surface area contributed by atoms with Crippen LogP contribution in [-0.2, 0) is 6.42 Å². The van der Waals surface area contributed by atoms with Gasteiger partial charge in [0.2, 0.25) is 0 Å². The molecule has 0 saturated carbocycles. The summed E-state index contributed by atoms with van der Waals surface area (Å²) in [7, 11) is 0. The number of halogens is 2. The summed E-state index contributed by atoms with van der Waals surface area (Å²) in [6.07, 6.45) is -2.69. The molecule has 0 amide bonds. The molecule has 0 spiro atoms. The van der Waals surface area contributed by atoms with Crippen molar-refractivity contribution in [2.24, 2.45) is 0 Å². The van der Waals surface area contributed by atoms with E-state index in [1.807, 2.05) is 6.07 Å². The van der Waals surface area contributed by atoms with Gasteiger partial charge in [0.05, 0.1) is 23.9 Å². The Bertz CT molecular complexity index is 382. The van der Waals surface area contributed by atoms with Gasteiger partial charge in [-0.3, -0.25) is 0 Å². The van der Waals surface area contributed by atoms with Gasteiger partial charge in [-0.05, 0) is 18.6 Å². The molecule has 0 aliphatic heterocycles. The third-order valence-electron chi connectivity index (χ3n) is 1.81. The average molecular weight is 197 g/mol. The predicted octanol–water partition coefficient (Wildman–Crippen LogP) is 1.98. The minimum atomic E-state index is -2.70. The van der Waals surface area contributed by atoms with Crippen molar-refractivity contribution < 1.29 is 8.78 Å². The van der Waals surface area contributed by atoms with Gasteiger partial charge >= 0.3 is 0 Å². The van der Waals surface area contributed by atoms with E-state index in [0.717, 1.165) is 0 Å². The summed E-state index contributed by atoms with van der Waals surface area (Å²) in [6, 6.07) is 3.39. The van der Waals surface area contributed by atoms with Gasteiger partial charge in [0.25, 0.3) is 6.43 Å². The Labute approximate surface area is 80.2 Å². The first-order valence-corrected chi connectivity index (χ1v) is 3.97. The highest BCUT2D eigenvalue weighted by Crippen LogP contribution is 2.26. The summed E-state index contributed by atoms with van der Waals surface area (Å²) >= 11 is 0. The maximum absolute atomic E-state index is 12.4. The summed E-state index contributed by atoms with van der Waals surface area (Å²) < 4.78 is 24.8. The number of pyridine rings is 1. The minimum Gasteiger partial charge on any atom is -0.397 e. The Morgan fingerprint density at radius 1 is 1.64 bits per heavy atom. The topological polar surface area (TPSA) is 62.7 Å². The second-order valence-electron chi connectivity index (χ2n) is 2.86. The largest absolute Gasteiger partial charge is 0.397 e. The number of nitrogens with zero attached hydrogens (tertiary/aromatic N) is 2. The van der Waals surface area contributed by atoms with Crippen molar-refractivity contribution in [1.29, 1.82) is 5.26 Å². The molecule has 1 heterocycles. The van der Waals surface area contributed by atoms with Crippen molar-refractivity contribution in [3.8, 4) is 6.07 Å². The minimum absolute atomic E-state index is 0.00156. The van der Waals surface area contributed by atoms with Crippen LogP contribution >= 0.6 is 0 Å². The zero-order valence-electron chi connectivity index (χ0n) is 7.59. The molecule has 14 heavy (non-hydrogen) atoms. The fourth-order valence-electron chi connectivity index (χ4n) is 1.11. The molecule has 1 aromatic rings. The lowest BCUT2D eigenvalue weighted by molar-refractivity contribution is 0.146. The maximum atomic E-state index is 12.4. The number of nitrogen functional groups attached to an aromatic ring is 1. The van der Waals surface area contributed by atoms with Crippen LogP contribution in [0.15, 0.2) is 6.07 Å². The van der Waals surface area contributed by atoms with E-state index in [9.17, 15) is 8.78 Å². The molecule has 1 rings (SSSR count). The van der Waals surface area contributed by atoms with E-state index >= 15 is 0 Å². The van der Waals surface area contributed by atoms with Crippen LogP contribution in [0.2, 0.25) is 0 Å². The van der Waals surface area contributed by atoms with Crippen LogP contribution in [0, 0.1) is 18.3 Å². The van der Waals surface area contributed by atoms with Crippen molar-refractivity contribution in [3.63, 3.8) is 0 Å². The smallest absolute Gasteiger partial charge is 0.282 e. The molecule has 0 bridgehead atoms. The first-order chi connectivity index (χ1) is 6.56. The van der Waals surface area contributed by atoms with Crippen molar-refractivity contribution in [2.45, 2.75) is 19.8 Å². The average Bonchev–Trinajstić information content (AvgIpc) is 2.11. The van der Waals surface area contributed by atoms with Crippen LogP contribution < -0.4 is 5.73 Å². The van der Waals surface area contributed by atoms with Crippen LogP contribution in [0.1, 0.15) is 23.4 Å². The zero-order valence-corrected chi connectivity index (χ0v) is 7.59. The van der Waals surface area contributed by atoms with Gasteiger partial charge in [0.15, 0.2) is 0 Å². The van der Waals surface area contributed by atoms with E-state index in [4.69, 9.17) is 11.0 Å². The number of alkyl halides is 2. The summed E-state index contributed by atoms with van der Waals surface area (Å²) in [4.78, 5) is 3.62. The summed E-state index contributed by atoms with van der Waals surface area (Å²) in [5.74, 6) is 0. The number of nitriles is 1. The molecule has 0 unspecified atom stereocenters. The van der Waals surface area contributed by atoms with Gasteiger partial charge in [-0.1, -0.05) is 0 Å². The van der Waals surface area contributed by atoms with Crippen LogP contribution in [0.5, 0.6) is 0 Å². The first kappa shape index (κ1) is 10.4. The Balaban J connectivity index is 3.22. The van der Waals surface area contributed by atoms with E-state index in [2.05, 4.69) is 4.98 Å². The number of anilines is 1. The second-order valence-corrected chi connectivity index (χ2v) is 2.86. The number of hydrogen-bond donors (Lipinski definition) is 1. The van der Waals surface area contributed by atoms with Gasteiger partial charge in [-0.15, -0.1) is 0 Å². The molecule has 0 saturated heterocycles. The molecule has 0 aliphatic rings.